The van der Waals surface area contributed by atoms with Gasteiger partial charge in [0.1, 0.15) is 5.76 Å². The van der Waals surface area contributed by atoms with Gasteiger partial charge in [-0.25, -0.2) is 0 Å². The third kappa shape index (κ3) is 3.35. The monoisotopic (exact) mass is 314 g/mol. The first-order valence-corrected chi connectivity index (χ1v) is 7.32. The van der Waals surface area contributed by atoms with Gasteiger partial charge in [0.05, 0.1) is 16.5 Å². The van der Waals surface area contributed by atoms with E-state index in [0.717, 1.165) is 10.7 Å². The summed E-state index contributed by atoms with van der Waals surface area (Å²) in [6.45, 7) is 3.72. The molecule has 2 rings (SSSR count). The molecule has 0 aliphatic heterocycles. The van der Waals surface area contributed by atoms with E-state index in [9.17, 15) is 4.79 Å². The topological polar surface area (TPSA) is 30.2 Å². The van der Waals surface area contributed by atoms with Gasteiger partial charge in [-0.15, -0.1) is 11.8 Å². The Morgan fingerprint density at radius 3 is 2.63 bits per heavy atom. The van der Waals surface area contributed by atoms with Gasteiger partial charge in [0.25, 0.3) is 0 Å². The highest BCUT2D eigenvalue weighted by molar-refractivity contribution is 8.00. The number of hydrogen-bond donors (Lipinski definition) is 0. The van der Waals surface area contributed by atoms with Gasteiger partial charge in [-0.1, -0.05) is 23.2 Å². The van der Waals surface area contributed by atoms with Crippen molar-refractivity contribution in [3.8, 4) is 0 Å². The Balaban J connectivity index is 2.17. The van der Waals surface area contributed by atoms with E-state index in [0.29, 0.717) is 15.6 Å². The van der Waals surface area contributed by atoms with Crippen molar-refractivity contribution in [1.29, 1.82) is 0 Å². The number of hydrogen-bond acceptors (Lipinski definition) is 3. The fourth-order valence-electron chi connectivity index (χ4n) is 1.65. The van der Waals surface area contributed by atoms with E-state index < -0.39 is 0 Å². The molecule has 2 aromatic rings. The summed E-state index contributed by atoms with van der Waals surface area (Å²) in [5.74, 6) is 0.791. The first kappa shape index (κ1) is 14.5. The third-order valence-electron chi connectivity index (χ3n) is 2.68. The van der Waals surface area contributed by atoms with Crippen LogP contribution in [0.4, 0.5) is 0 Å². The fraction of sp³-hybridized carbons (Fsp3) is 0.214. The summed E-state index contributed by atoms with van der Waals surface area (Å²) in [5, 5.41) is 0.663. The zero-order chi connectivity index (χ0) is 14.0. The van der Waals surface area contributed by atoms with Crippen LogP contribution in [-0.4, -0.2) is 11.0 Å². The number of aryl methyl sites for hydroxylation is 1. The minimum atomic E-state index is -0.241. The second-order valence-electron chi connectivity index (χ2n) is 4.09. The molecule has 2 nitrogen and oxygen atoms in total. The van der Waals surface area contributed by atoms with Crippen molar-refractivity contribution in [3.05, 3.63) is 51.9 Å². The van der Waals surface area contributed by atoms with Crippen LogP contribution in [0, 0.1) is 6.92 Å². The van der Waals surface area contributed by atoms with Crippen LogP contribution in [0.2, 0.25) is 10.0 Å². The van der Waals surface area contributed by atoms with Crippen LogP contribution in [-0.2, 0) is 0 Å². The molecule has 1 atom stereocenters. The van der Waals surface area contributed by atoms with E-state index >= 15 is 0 Å². The summed E-state index contributed by atoms with van der Waals surface area (Å²) in [6, 6.07) is 6.76. The Hall–Kier alpha value is -0.900. The van der Waals surface area contributed by atoms with E-state index in [1.165, 1.54) is 11.8 Å². The minimum absolute atomic E-state index is 0.0210. The van der Waals surface area contributed by atoms with Gasteiger partial charge in [-0.05, 0) is 38.1 Å². The first-order chi connectivity index (χ1) is 8.99. The van der Waals surface area contributed by atoms with E-state index in [1.54, 1.807) is 24.5 Å². The Morgan fingerprint density at radius 1 is 1.32 bits per heavy atom. The maximum absolute atomic E-state index is 12.3. The van der Waals surface area contributed by atoms with Crippen LogP contribution in [0.1, 0.15) is 23.0 Å². The summed E-state index contributed by atoms with van der Waals surface area (Å²) in [6.07, 6.45) is 1.62. The van der Waals surface area contributed by atoms with Gasteiger partial charge in [-0.2, -0.15) is 0 Å². The summed E-state index contributed by atoms with van der Waals surface area (Å²) in [5.41, 5.74) is 0.493. The largest absolute Gasteiger partial charge is 0.468 e. The third-order valence-corrected chi connectivity index (χ3v) is 4.47. The molecule has 0 saturated heterocycles. The van der Waals surface area contributed by atoms with Gasteiger partial charge in [0, 0.05) is 15.5 Å². The van der Waals surface area contributed by atoms with Gasteiger partial charge in [0.2, 0.25) is 0 Å². The van der Waals surface area contributed by atoms with Crippen molar-refractivity contribution >= 4 is 40.7 Å². The van der Waals surface area contributed by atoms with Crippen LogP contribution < -0.4 is 0 Å². The Labute approximate surface area is 126 Å². The van der Waals surface area contributed by atoms with Crippen LogP contribution >= 0.6 is 35.0 Å². The fourth-order valence-corrected chi connectivity index (χ4v) is 3.11. The summed E-state index contributed by atoms with van der Waals surface area (Å²) < 4.78 is 5.21. The highest BCUT2D eigenvalue weighted by Crippen LogP contribution is 2.31. The summed E-state index contributed by atoms with van der Waals surface area (Å²) >= 11 is 13.3. The average Bonchev–Trinajstić information content (AvgIpc) is 2.74. The molecule has 0 saturated carbocycles. The van der Waals surface area contributed by atoms with Crippen LogP contribution in [0.3, 0.4) is 0 Å². The average molecular weight is 315 g/mol. The predicted molar refractivity (Wildman–Crippen MR) is 79.6 cm³/mol. The normalized spacial score (nSPS) is 12.4. The number of carbonyl (C=O) groups excluding carboxylic acids is 1. The molecule has 0 spiro atoms. The molecule has 5 heteroatoms. The summed E-state index contributed by atoms with van der Waals surface area (Å²) in [4.78, 5) is 13.3. The molecular formula is C14H12Cl2O2S. The number of rotatable bonds is 4. The van der Waals surface area contributed by atoms with Crippen molar-refractivity contribution < 1.29 is 9.21 Å². The molecule has 0 bridgehead atoms. The zero-order valence-corrected chi connectivity index (χ0v) is 12.8. The zero-order valence-electron chi connectivity index (χ0n) is 10.4. The lowest BCUT2D eigenvalue weighted by Gasteiger charge is -2.11. The molecule has 0 radical (unpaired) electrons. The molecule has 1 unspecified atom stereocenters. The molecule has 0 fully saturated rings. The van der Waals surface area contributed by atoms with Crippen molar-refractivity contribution in [2.24, 2.45) is 0 Å². The van der Waals surface area contributed by atoms with Crippen molar-refractivity contribution in [1.82, 2.24) is 0 Å². The van der Waals surface area contributed by atoms with Crippen molar-refractivity contribution in [3.63, 3.8) is 0 Å². The van der Waals surface area contributed by atoms with Gasteiger partial charge >= 0.3 is 0 Å². The highest BCUT2D eigenvalue weighted by Gasteiger charge is 2.20. The number of furan rings is 1. The number of carbonyl (C=O) groups is 1. The van der Waals surface area contributed by atoms with E-state index in [-0.39, 0.29) is 11.0 Å². The Morgan fingerprint density at radius 2 is 2.05 bits per heavy atom. The standard InChI is InChI=1S/C14H12Cl2O2S/c1-8-13(5-6-18-8)19-9(2)14(17)11-4-3-10(15)7-12(11)16/h3-7,9H,1-2H3. The lowest BCUT2D eigenvalue weighted by Crippen LogP contribution is -2.13. The molecule has 100 valence electrons. The van der Waals surface area contributed by atoms with Crippen molar-refractivity contribution in [2.75, 3.05) is 0 Å². The van der Waals surface area contributed by atoms with Crippen LogP contribution in [0.5, 0.6) is 0 Å². The molecule has 0 aliphatic carbocycles. The molecule has 1 heterocycles. The van der Waals surface area contributed by atoms with Gasteiger partial charge in [0.15, 0.2) is 5.78 Å². The second-order valence-corrected chi connectivity index (χ2v) is 6.32. The highest BCUT2D eigenvalue weighted by atomic mass is 35.5. The maximum Gasteiger partial charge on any atom is 0.177 e. The smallest absolute Gasteiger partial charge is 0.177 e. The molecule has 1 aromatic carbocycles. The van der Waals surface area contributed by atoms with E-state index in [4.69, 9.17) is 27.6 Å². The molecule has 19 heavy (non-hydrogen) atoms. The molecule has 1 aromatic heterocycles. The SMILES string of the molecule is Cc1occc1SC(C)C(=O)c1ccc(Cl)cc1Cl. The molecule has 0 N–H and O–H groups in total. The first-order valence-electron chi connectivity index (χ1n) is 5.69. The minimum Gasteiger partial charge on any atom is -0.468 e. The number of ketones is 1. The maximum atomic E-state index is 12.3. The van der Waals surface area contributed by atoms with E-state index in [1.807, 2.05) is 19.9 Å². The number of benzene rings is 1. The van der Waals surface area contributed by atoms with Gasteiger partial charge < -0.3 is 4.42 Å². The van der Waals surface area contributed by atoms with Crippen molar-refractivity contribution in [2.45, 2.75) is 24.0 Å². The molecule has 0 aliphatic rings. The van der Waals surface area contributed by atoms with Crippen LogP contribution in [0.15, 0.2) is 39.8 Å². The lowest BCUT2D eigenvalue weighted by atomic mass is 10.1. The predicted octanol–water partition coefficient (Wildman–Crippen LogP) is 5.26. The number of Topliss-reactive ketones (excluding diaryl/α,β-unsaturated/α-hetero) is 1. The number of halogens is 2. The molecule has 0 amide bonds. The second kappa shape index (κ2) is 6.04. The Bertz CT molecular complexity index is 607. The number of thioether (sulfide) groups is 1. The lowest BCUT2D eigenvalue weighted by molar-refractivity contribution is 0.0994. The van der Waals surface area contributed by atoms with Crippen LogP contribution in [0.25, 0.3) is 0 Å². The quantitative estimate of drug-likeness (QED) is 0.569. The van der Waals surface area contributed by atoms with Gasteiger partial charge in [-0.3, -0.25) is 4.79 Å². The van der Waals surface area contributed by atoms with E-state index in [2.05, 4.69) is 0 Å². The summed E-state index contributed by atoms with van der Waals surface area (Å²) in [7, 11) is 0. The molecular weight excluding hydrogens is 303 g/mol. The Kier molecular flexibility index (Phi) is 4.61.